The number of anilines is 2. The Labute approximate surface area is 128 Å². The third kappa shape index (κ3) is 5.21. The summed E-state index contributed by atoms with van der Waals surface area (Å²) in [5.74, 6) is 0. The van der Waals surface area contributed by atoms with Gasteiger partial charge < -0.3 is 11.1 Å². The van der Waals surface area contributed by atoms with Gasteiger partial charge in [0.2, 0.25) is 10.0 Å². The summed E-state index contributed by atoms with van der Waals surface area (Å²) < 4.78 is 25.9. The minimum absolute atomic E-state index is 0.101. The van der Waals surface area contributed by atoms with Gasteiger partial charge in [-0.15, -0.1) is 0 Å². The zero-order chi connectivity index (χ0) is 16.5. The van der Waals surface area contributed by atoms with E-state index in [4.69, 9.17) is 5.73 Å². The standard InChI is InChI=1S/C15H27N3O2S/c1-14(2,3)10-15(4,5)18-11-7-8-13(12(16)9-11)21(19,20)17-6/h7-9,17-18H,10,16H2,1-6H3. The molecule has 0 aliphatic rings. The topological polar surface area (TPSA) is 84.2 Å². The Morgan fingerprint density at radius 2 is 1.71 bits per heavy atom. The molecule has 21 heavy (non-hydrogen) atoms. The van der Waals surface area contributed by atoms with Gasteiger partial charge in [0.25, 0.3) is 0 Å². The number of nitrogens with two attached hydrogens (primary N) is 1. The molecule has 0 aliphatic carbocycles. The van der Waals surface area contributed by atoms with Gasteiger partial charge in [0.1, 0.15) is 4.90 Å². The van der Waals surface area contributed by atoms with Gasteiger partial charge in [-0.25, -0.2) is 13.1 Å². The molecule has 0 saturated carbocycles. The molecule has 0 spiro atoms. The lowest BCUT2D eigenvalue weighted by Gasteiger charge is -2.34. The fourth-order valence-corrected chi connectivity index (χ4v) is 3.58. The van der Waals surface area contributed by atoms with Crippen LogP contribution in [0.3, 0.4) is 0 Å². The molecular formula is C15H27N3O2S. The van der Waals surface area contributed by atoms with Gasteiger partial charge in [0, 0.05) is 11.2 Å². The van der Waals surface area contributed by atoms with Crippen LogP contribution in [-0.4, -0.2) is 21.0 Å². The average molecular weight is 313 g/mol. The lowest BCUT2D eigenvalue weighted by atomic mass is 9.81. The first-order chi connectivity index (χ1) is 9.36. The van der Waals surface area contributed by atoms with Crippen LogP contribution < -0.4 is 15.8 Å². The van der Waals surface area contributed by atoms with Crippen LogP contribution in [0, 0.1) is 5.41 Å². The van der Waals surface area contributed by atoms with Crippen molar-refractivity contribution < 1.29 is 8.42 Å². The summed E-state index contributed by atoms with van der Waals surface area (Å²) in [7, 11) is -2.15. The van der Waals surface area contributed by atoms with Crippen molar-refractivity contribution in [1.29, 1.82) is 0 Å². The van der Waals surface area contributed by atoms with E-state index in [1.807, 2.05) is 0 Å². The highest BCUT2D eigenvalue weighted by molar-refractivity contribution is 7.89. The van der Waals surface area contributed by atoms with Gasteiger partial charge in [-0.1, -0.05) is 20.8 Å². The molecule has 5 nitrogen and oxygen atoms in total. The van der Waals surface area contributed by atoms with E-state index in [-0.39, 0.29) is 21.5 Å². The number of sulfonamides is 1. The van der Waals surface area contributed by atoms with Gasteiger partial charge >= 0.3 is 0 Å². The van der Waals surface area contributed by atoms with Crippen molar-refractivity contribution in [3.8, 4) is 0 Å². The van der Waals surface area contributed by atoms with Crippen molar-refractivity contribution in [3.05, 3.63) is 18.2 Å². The molecule has 6 heteroatoms. The normalized spacial score (nSPS) is 13.2. The van der Waals surface area contributed by atoms with Crippen LogP contribution in [-0.2, 0) is 10.0 Å². The molecule has 4 N–H and O–H groups in total. The molecule has 0 bridgehead atoms. The van der Waals surface area contributed by atoms with Gasteiger partial charge in [-0.05, 0) is 50.9 Å². The first-order valence-corrected chi connectivity index (χ1v) is 8.46. The van der Waals surface area contributed by atoms with Gasteiger partial charge in [0.05, 0.1) is 5.69 Å². The number of hydrogen-bond donors (Lipinski definition) is 3. The van der Waals surface area contributed by atoms with E-state index in [0.29, 0.717) is 0 Å². The maximum Gasteiger partial charge on any atom is 0.242 e. The highest BCUT2D eigenvalue weighted by Gasteiger charge is 2.25. The van der Waals surface area contributed by atoms with Gasteiger partial charge in [-0.2, -0.15) is 0 Å². The summed E-state index contributed by atoms with van der Waals surface area (Å²) in [5, 5.41) is 3.42. The second-order valence-electron chi connectivity index (χ2n) is 7.21. The van der Waals surface area contributed by atoms with Gasteiger partial charge in [0.15, 0.2) is 0 Å². The second kappa shape index (κ2) is 5.85. The van der Waals surface area contributed by atoms with Crippen LogP contribution in [0.4, 0.5) is 11.4 Å². The number of hydrogen-bond acceptors (Lipinski definition) is 4. The summed E-state index contributed by atoms with van der Waals surface area (Å²) in [6.45, 7) is 10.8. The van der Waals surface area contributed by atoms with Crippen molar-refractivity contribution >= 4 is 21.4 Å². The SMILES string of the molecule is CNS(=O)(=O)c1ccc(NC(C)(C)CC(C)(C)C)cc1N. The van der Waals surface area contributed by atoms with Crippen molar-refractivity contribution in [2.75, 3.05) is 18.1 Å². The van der Waals surface area contributed by atoms with E-state index in [9.17, 15) is 8.42 Å². The summed E-state index contributed by atoms with van der Waals surface area (Å²) in [5.41, 5.74) is 7.00. The largest absolute Gasteiger partial charge is 0.398 e. The first-order valence-electron chi connectivity index (χ1n) is 6.98. The Kier molecular flexibility index (Phi) is 4.95. The van der Waals surface area contributed by atoms with E-state index in [2.05, 4.69) is 44.7 Å². The summed E-state index contributed by atoms with van der Waals surface area (Å²) >= 11 is 0. The molecule has 1 aromatic carbocycles. The molecule has 0 fully saturated rings. The predicted molar refractivity (Wildman–Crippen MR) is 88.9 cm³/mol. The van der Waals surface area contributed by atoms with Crippen molar-refractivity contribution in [1.82, 2.24) is 4.72 Å². The Morgan fingerprint density at radius 3 is 2.14 bits per heavy atom. The van der Waals surface area contributed by atoms with E-state index < -0.39 is 10.0 Å². The van der Waals surface area contributed by atoms with Crippen LogP contribution in [0.1, 0.15) is 41.0 Å². The summed E-state index contributed by atoms with van der Waals surface area (Å²) in [6, 6.07) is 4.93. The highest BCUT2D eigenvalue weighted by atomic mass is 32.2. The monoisotopic (exact) mass is 313 g/mol. The quantitative estimate of drug-likeness (QED) is 0.730. The maximum absolute atomic E-state index is 11.8. The third-order valence-corrected chi connectivity index (χ3v) is 4.51. The van der Waals surface area contributed by atoms with Crippen LogP contribution in [0.2, 0.25) is 0 Å². The van der Waals surface area contributed by atoms with E-state index in [1.54, 1.807) is 12.1 Å². The molecule has 0 aromatic heterocycles. The third-order valence-electron chi connectivity index (χ3n) is 3.02. The van der Waals surface area contributed by atoms with Crippen molar-refractivity contribution in [2.45, 2.75) is 51.5 Å². The molecule has 0 radical (unpaired) electrons. The maximum atomic E-state index is 11.8. The minimum atomic E-state index is -3.52. The first kappa shape index (κ1) is 17.8. The minimum Gasteiger partial charge on any atom is -0.398 e. The van der Waals surface area contributed by atoms with E-state index in [0.717, 1.165) is 12.1 Å². The fraction of sp³-hybridized carbons (Fsp3) is 0.600. The molecule has 1 aromatic rings. The van der Waals surface area contributed by atoms with E-state index in [1.165, 1.54) is 13.1 Å². The molecule has 0 amide bonds. The van der Waals surface area contributed by atoms with Crippen LogP contribution in [0.15, 0.2) is 23.1 Å². The molecule has 0 atom stereocenters. The zero-order valence-corrected chi connectivity index (χ0v) is 14.6. The molecule has 0 aliphatic heterocycles. The Hall–Kier alpha value is -1.27. The lowest BCUT2D eigenvalue weighted by Crippen LogP contribution is -2.35. The Balaban J connectivity index is 3.01. The highest BCUT2D eigenvalue weighted by Crippen LogP contribution is 2.31. The van der Waals surface area contributed by atoms with E-state index >= 15 is 0 Å². The molecule has 0 heterocycles. The number of rotatable bonds is 5. The average Bonchev–Trinajstić information content (AvgIpc) is 2.24. The van der Waals surface area contributed by atoms with Crippen LogP contribution in [0.25, 0.3) is 0 Å². The summed E-state index contributed by atoms with van der Waals surface area (Å²) in [4.78, 5) is 0.101. The summed E-state index contributed by atoms with van der Waals surface area (Å²) in [6.07, 6.45) is 0.969. The smallest absolute Gasteiger partial charge is 0.242 e. The predicted octanol–water partition coefficient (Wildman–Crippen LogP) is 2.80. The Bertz CT molecular complexity index is 602. The lowest BCUT2D eigenvalue weighted by molar-refractivity contribution is 0.302. The number of nitrogens with one attached hydrogen (secondary N) is 2. The number of nitrogen functional groups attached to an aromatic ring is 1. The molecule has 0 saturated heterocycles. The molecule has 120 valence electrons. The van der Waals surface area contributed by atoms with Crippen LogP contribution in [0.5, 0.6) is 0 Å². The van der Waals surface area contributed by atoms with Crippen molar-refractivity contribution in [2.24, 2.45) is 5.41 Å². The molecule has 0 unspecified atom stereocenters. The number of benzene rings is 1. The fourth-order valence-electron chi connectivity index (χ4n) is 2.74. The zero-order valence-electron chi connectivity index (χ0n) is 13.7. The molecule has 1 rings (SSSR count). The van der Waals surface area contributed by atoms with Gasteiger partial charge in [-0.3, -0.25) is 0 Å². The van der Waals surface area contributed by atoms with Crippen LogP contribution >= 0.6 is 0 Å². The van der Waals surface area contributed by atoms with Crippen molar-refractivity contribution in [3.63, 3.8) is 0 Å². The molecular weight excluding hydrogens is 286 g/mol. The Morgan fingerprint density at radius 1 is 1.14 bits per heavy atom. The second-order valence-corrected chi connectivity index (χ2v) is 9.06.